The summed E-state index contributed by atoms with van der Waals surface area (Å²) in [6.45, 7) is 3.80. The monoisotopic (exact) mass is 546 g/mol. The summed E-state index contributed by atoms with van der Waals surface area (Å²) >= 11 is 0. The summed E-state index contributed by atoms with van der Waals surface area (Å²) in [4.78, 5) is 0. The molecule has 1 nitrogen and oxygen atoms in total. The number of rotatable bonds is 9. The van der Waals surface area contributed by atoms with E-state index in [1.807, 2.05) is 6.92 Å². The van der Waals surface area contributed by atoms with E-state index in [1.165, 1.54) is 43.3 Å². The Hall–Kier alpha value is -3.22. The zero-order valence-electron chi connectivity index (χ0n) is 22.1. The topological polar surface area (TPSA) is 9.23 Å². The van der Waals surface area contributed by atoms with Crippen LogP contribution in [0.25, 0.3) is 12.2 Å². The van der Waals surface area contributed by atoms with Crippen LogP contribution >= 0.6 is 0 Å². The molecule has 0 unspecified atom stereocenters. The maximum Gasteiger partial charge on any atom is 0.201 e. The van der Waals surface area contributed by atoms with Gasteiger partial charge in [-0.2, -0.15) is 4.39 Å². The predicted octanol–water partition coefficient (Wildman–Crippen LogP) is 10.0. The molecule has 0 atom stereocenters. The number of hydrogen-bond donors (Lipinski definition) is 0. The number of halogens is 6. The van der Waals surface area contributed by atoms with Gasteiger partial charge in [-0.15, -0.1) is 0 Å². The van der Waals surface area contributed by atoms with E-state index in [0.29, 0.717) is 31.2 Å². The molecule has 0 N–H and O–H groups in total. The van der Waals surface area contributed by atoms with Crippen molar-refractivity contribution in [2.75, 3.05) is 6.61 Å². The summed E-state index contributed by atoms with van der Waals surface area (Å²) in [6, 6.07) is 8.70. The lowest BCUT2D eigenvalue weighted by Gasteiger charge is -2.29. The molecule has 0 heterocycles. The van der Waals surface area contributed by atoms with Gasteiger partial charge in [-0.05, 0) is 79.7 Å². The lowest BCUT2D eigenvalue weighted by atomic mass is 9.75. The van der Waals surface area contributed by atoms with E-state index in [9.17, 15) is 22.0 Å². The SMILES string of the molecule is CCCCCOc1ccc(/C=C/c2ccc(C3CCC(c4ccc(C)c(F)c4F)CC3)c(F)c2F)c(F)c1F. The second kappa shape index (κ2) is 12.8. The van der Waals surface area contributed by atoms with Gasteiger partial charge in [0, 0.05) is 11.1 Å². The molecule has 4 rings (SSSR count). The maximum absolute atomic E-state index is 15.1. The number of ether oxygens (including phenoxy) is 1. The largest absolute Gasteiger partial charge is 0.490 e. The van der Waals surface area contributed by atoms with Crippen LogP contribution in [0.5, 0.6) is 5.75 Å². The summed E-state index contributed by atoms with van der Waals surface area (Å²) in [5, 5.41) is 0. The summed E-state index contributed by atoms with van der Waals surface area (Å²) in [5.41, 5.74) is 0.578. The number of unbranched alkanes of at least 4 members (excludes halogenated alkanes) is 2. The van der Waals surface area contributed by atoms with Crippen LogP contribution in [0.4, 0.5) is 26.3 Å². The maximum atomic E-state index is 15.1. The van der Waals surface area contributed by atoms with Crippen LogP contribution in [0, 0.1) is 41.8 Å². The van der Waals surface area contributed by atoms with E-state index >= 15 is 4.39 Å². The fourth-order valence-electron chi connectivity index (χ4n) is 5.22. The Morgan fingerprint density at radius 1 is 0.641 bits per heavy atom. The molecule has 0 aliphatic heterocycles. The van der Waals surface area contributed by atoms with Crippen molar-refractivity contribution >= 4 is 12.2 Å². The molecule has 0 amide bonds. The van der Waals surface area contributed by atoms with Crippen molar-refractivity contribution < 1.29 is 31.1 Å². The highest BCUT2D eigenvalue weighted by Crippen LogP contribution is 2.42. The third-order valence-corrected chi connectivity index (χ3v) is 7.58. The van der Waals surface area contributed by atoms with Crippen molar-refractivity contribution in [2.24, 2.45) is 0 Å². The van der Waals surface area contributed by atoms with E-state index < -0.39 is 34.9 Å². The van der Waals surface area contributed by atoms with Crippen molar-refractivity contribution in [1.82, 2.24) is 0 Å². The Bertz CT molecular complexity index is 1340. The number of aryl methyl sites for hydroxylation is 1. The summed E-state index contributed by atoms with van der Waals surface area (Å²) in [6.07, 6.45) is 7.07. The second-order valence-corrected chi connectivity index (χ2v) is 10.2. The third-order valence-electron chi connectivity index (χ3n) is 7.58. The average molecular weight is 547 g/mol. The highest BCUT2D eigenvalue weighted by molar-refractivity contribution is 5.70. The minimum atomic E-state index is -1.13. The molecule has 1 saturated carbocycles. The highest BCUT2D eigenvalue weighted by Gasteiger charge is 2.29. The Morgan fingerprint density at radius 2 is 1.15 bits per heavy atom. The number of benzene rings is 3. The Balaban J connectivity index is 1.44. The Kier molecular flexibility index (Phi) is 9.41. The summed E-state index contributed by atoms with van der Waals surface area (Å²) < 4.78 is 92.6. The smallest absolute Gasteiger partial charge is 0.201 e. The first-order valence-corrected chi connectivity index (χ1v) is 13.4. The van der Waals surface area contributed by atoms with Crippen molar-refractivity contribution in [1.29, 1.82) is 0 Å². The molecule has 1 fully saturated rings. The van der Waals surface area contributed by atoms with Crippen LogP contribution in [-0.4, -0.2) is 6.61 Å². The van der Waals surface area contributed by atoms with Gasteiger partial charge in [-0.25, -0.2) is 22.0 Å². The number of hydrogen-bond acceptors (Lipinski definition) is 1. The lowest BCUT2D eigenvalue weighted by Crippen LogP contribution is -2.15. The summed E-state index contributed by atoms with van der Waals surface area (Å²) in [7, 11) is 0. The molecular weight excluding hydrogens is 514 g/mol. The van der Waals surface area contributed by atoms with Crippen LogP contribution in [-0.2, 0) is 0 Å². The minimum Gasteiger partial charge on any atom is -0.490 e. The third kappa shape index (κ3) is 6.34. The van der Waals surface area contributed by atoms with Crippen LogP contribution in [0.2, 0.25) is 0 Å². The highest BCUT2D eigenvalue weighted by atomic mass is 19.2. The van der Waals surface area contributed by atoms with Crippen molar-refractivity contribution in [3.8, 4) is 5.75 Å². The molecule has 1 aliphatic carbocycles. The molecule has 7 heteroatoms. The normalized spacial score (nSPS) is 17.6. The van der Waals surface area contributed by atoms with Gasteiger partial charge in [-0.1, -0.05) is 56.2 Å². The molecule has 0 spiro atoms. The van der Waals surface area contributed by atoms with E-state index in [-0.39, 0.29) is 46.4 Å². The molecular formula is C32H32F6O. The zero-order valence-corrected chi connectivity index (χ0v) is 22.1. The zero-order chi connectivity index (χ0) is 28.1. The standard InChI is InChI=1S/C32H32F6O/c1-3-4-5-18-39-26-17-14-23(29(35)32(26)38)12-11-22-13-16-25(31(37)28(22)34)21-9-7-20(8-10-21)24-15-6-19(2)27(33)30(24)36/h6,11-17,20-21H,3-5,7-10,18H2,1-2H3/b12-11+. The Morgan fingerprint density at radius 3 is 1.74 bits per heavy atom. The first kappa shape index (κ1) is 28.8. The van der Waals surface area contributed by atoms with Gasteiger partial charge in [0.2, 0.25) is 5.82 Å². The van der Waals surface area contributed by atoms with E-state index in [2.05, 4.69) is 0 Å². The molecule has 0 saturated heterocycles. The molecule has 1 aliphatic rings. The Labute approximate surface area is 225 Å². The van der Waals surface area contributed by atoms with Crippen LogP contribution in [0.1, 0.15) is 91.5 Å². The van der Waals surface area contributed by atoms with Crippen LogP contribution < -0.4 is 4.74 Å². The summed E-state index contributed by atoms with van der Waals surface area (Å²) in [5.74, 6) is -6.63. The molecule has 3 aromatic rings. The molecule has 0 radical (unpaired) electrons. The van der Waals surface area contributed by atoms with Crippen molar-refractivity contribution in [3.63, 3.8) is 0 Å². The van der Waals surface area contributed by atoms with Crippen LogP contribution in [0.3, 0.4) is 0 Å². The van der Waals surface area contributed by atoms with Gasteiger partial charge in [0.25, 0.3) is 0 Å². The van der Waals surface area contributed by atoms with Gasteiger partial charge in [0.05, 0.1) is 6.61 Å². The minimum absolute atomic E-state index is 0.0955. The fraction of sp³-hybridized carbons (Fsp3) is 0.375. The van der Waals surface area contributed by atoms with Crippen molar-refractivity contribution in [2.45, 2.75) is 70.6 Å². The van der Waals surface area contributed by atoms with E-state index in [0.717, 1.165) is 19.3 Å². The average Bonchev–Trinajstić information content (AvgIpc) is 2.94. The molecule has 0 bridgehead atoms. The second-order valence-electron chi connectivity index (χ2n) is 10.2. The van der Waals surface area contributed by atoms with E-state index in [1.54, 1.807) is 12.1 Å². The quantitative estimate of drug-likeness (QED) is 0.147. The van der Waals surface area contributed by atoms with Crippen molar-refractivity contribution in [3.05, 3.63) is 99.1 Å². The first-order valence-electron chi connectivity index (χ1n) is 13.4. The molecule has 208 valence electrons. The van der Waals surface area contributed by atoms with Gasteiger partial charge < -0.3 is 4.74 Å². The fourth-order valence-corrected chi connectivity index (χ4v) is 5.22. The van der Waals surface area contributed by atoms with Gasteiger partial charge in [0.1, 0.15) is 0 Å². The first-order chi connectivity index (χ1) is 18.7. The molecule has 39 heavy (non-hydrogen) atoms. The predicted molar refractivity (Wildman–Crippen MR) is 142 cm³/mol. The van der Waals surface area contributed by atoms with Crippen LogP contribution in [0.15, 0.2) is 36.4 Å². The molecule has 3 aromatic carbocycles. The van der Waals surface area contributed by atoms with Gasteiger partial charge in [0.15, 0.2) is 34.8 Å². The van der Waals surface area contributed by atoms with Gasteiger partial charge >= 0.3 is 0 Å². The lowest BCUT2D eigenvalue weighted by molar-refractivity contribution is 0.286. The molecule has 0 aromatic heterocycles. The van der Waals surface area contributed by atoms with E-state index in [4.69, 9.17) is 4.74 Å². The van der Waals surface area contributed by atoms with Gasteiger partial charge in [-0.3, -0.25) is 0 Å².